The highest BCUT2D eigenvalue weighted by atomic mass is 16.3. The van der Waals surface area contributed by atoms with Gasteiger partial charge in [0.05, 0.1) is 61.3 Å². The lowest BCUT2D eigenvalue weighted by Gasteiger charge is -2.24. The third kappa shape index (κ3) is 5.67. The molecule has 0 amide bonds. The Kier molecular flexibility index (Phi) is 8.46. The lowest BCUT2D eigenvalue weighted by atomic mass is 10.0. The van der Waals surface area contributed by atoms with Crippen LogP contribution in [0, 0.1) is 22.7 Å². The Morgan fingerprint density at radius 2 is 0.667 bits per heavy atom. The Balaban J connectivity index is 1.17. The van der Waals surface area contributed by atoms with Crippen molar-refractivity contribution in [1.82, 2.24) is 13.7 Å². The van der Waals surface area contributed by atoms with Gasteiger partial charge < -0.3 is 22.5 Å². The molecule has 16 rings (SSSR count). The second kappa shape index (κ2) is 15.5. The maximum atomic E-state index is 11.8. The van der Waals surface area contributed by atoms with Crippen LogP contribution in [0.5, 0.6) is 0 Å². The average Bonchev–Trinajstić information content (AvgIpc) is 4.40. The van der Waals surface area contributed by atoms with E-state index in [1.165, 1.54) is 0 Å². The molecule has 0 saturated heterocycles. The topological polar surface area (TPSA) is 88.7 Å². The van der Waals surface area contributed by atoms with Gasteiger partial charge in [-0.1, -0.05) is 158 Å². The molecule has 7 heteroatoms. The molecule has 0 N–H and O–H groups in total. The van der Waals surface area contributed by atoms with Crippen molar-refractivity contribution in [3.8, 4) is 51.5 Å². The van der Waals surface area contributed by atoms with Gasteiger partial charge in [0.15, 0.2) is 11.2 Å². The normalized spacial score (nSPS) is 12.0. The Morgan fingerprint density at radius 1 is 0.280 bits per heavy atom. The molecule has 16 aromatic rings. The second-order valence-electron chi connectivity index (χ2n) is 19.4. The summed E-state index contributed by atoms with van der Waals surface area (Å²) in [6, 6.07) is 83.0. The van der Waals surface area contributed by atoms with Gasteiger partial charge in [-0.2, -0.15) is 10.5 Å². The number of aromatic nitrogens is 3. The fraction of sp³-hybridized carbons (Fsp3) is 0. The molecule has 0 aliphatic heterocycles. The van der Waals surface area contributed by atoms with Gasteiger partial charge in [0, 0.05) is 53.9 Å². The van der Waals surface area contributed by atoms with E-state index in [0.717, 1.165) is 120 Å². The summed E-state index contributed by atoms with van der Waals surface area (Å²) >= 11 is 0. The summed E-state index contributed by atoms with van der Waals surface area (Å²) < 4.78 is 20.8. The van der Waals surface area contributed by atoms with E-state index in [1.807, 2.05) is 48.5 Å². The Hall–Kier alpha value is -10.6. The summed E-state index contributed by atoms with van der Waals surface area (Å²) in [4.78, 5) is 0. The highest BCUT2D eigenvalue weighted by Crippen LogP contribution is 2.49. The molecule has 5 heterocycles. The largest absolute Gasteiger partial charge is 0.454 e. The van der Waals surface area contributed by atoms with Gasteiger partial charge in [-0.3, -0.25) is 0 Å². The van der Waals surface area contributed by atoms with Gasteiger partial charge in [0.2, 0.25) is 0 Å². The quantitative estimate of drug-likeness (QED) is 0.172. The molecule has 0 bridgehead atoms. The van der Waals surface area contributed by atoms with Crippen LogP contribution < -0.4 is 0 Å². The van der Waals surface area contributed by atoms with E-state index in [1.54, 1.807) is 6.07 Å². The first kappa shape index (κ1) is 41.1. The van der Waals surface area contributed by atoms with E-state index in [0.29, 0.717) is 39.4 Å². The monoisotopic (exact) mass is 955 g/mol. The van der Waals surface area contributed by atoms with Gasteiger partial charge in [0.1, 0.15) is 23.3 Å². The summed E-state index contributed by atoms with van der Waals surface area (Å²) in [5, 5.41) is 33.6. The minimum Gasteiger partial charge on any atom is -0.454 e. The molecular formula is C68H37N5O2. The van der Waals surface area contributed by atoms with Crippen LogP contribution in [0.2, 0.25) is 0 Å². The molecule has 75 heavy (non-hydrogen) atoms. The molecule has 7 nitrogen and oxygen atoms in total. The van der Waals surface area contributed by atoms with Crippen LogP contribution in [0.15, 0.2) is 233 Å². The minimum absolute atomic E-state index is 0.326. The van der Waals surface area contributed by atoms with Crippen LogP contribution in [0.1, 0.15) is 11.1 Å². The fourth-order valence-corrected chi connectivity index (χ4v) is 12.3. The number of para-hydroxylation sites is 4. The summed E-state index contributed by atoms with van der Waals surface area (Å²) in [5.74, 6) is 0. The van der Waals surface area contributed by atoms with Crippen molar-refractivity contribution in [2.45, 2.75) is 0 Å². The fourth-order valence-electron chi connectivity index (χ4n) is 12.3. The molecule has 346 valence electrons. The molecule has 0 saturated carbocycles. The molecule has 0 radical (unpaired) electrons. The van der Waals surface area contributed by atoms with Crippen LogP contribution in [0.4, 0.5) is 0 Å². The van der Waals surface area contributed by atoms with E-state index in [9.17, 15) is 10.5 Å². The van der Waals surface area contributed by atoms with Crippen LogP contribution in [-0.2, 0) is 0 Å². The summed E-state index contributed by atoms with van der Waals surface area (Å²) in [6.45, 7) is 0. The van der Waals surface area contributed by atoms with Crippen molar-refractivity contribution in [1.29, 1.82) is 10.5 Å². The molecule has 0 unspecified atom stereocenters. The minimum atomic E-state index is 0.326. The van der Waals surface area contributed by atoms with Crippen LogP contribution in [0.25, 0.3) is 149 Å². The first-order valence-electron chi connectivity index (χ1n) is 25.0. The Bertz CT molecular complexity index is 4890. The summed E-state index contributed by atoms with van der Waals surface area (Å²) in [5.41, 5.74) is 15.0. The third-order valence-electron chi connectivity index (χ3n) is 15.5. The molecule has 0 aliphatic carbocycles. The van der Waals surface area contributed by atoms with Crippen LogP contribution in [-0.4, -0.2) is 13.7 Å². The number of rotatable bonds is 5. The lowest BCUT2D eigenvalue weighted by molar-refractivity contribution is 0.671. The zero-order valence-corrected chi connectivity index (χ0v) is 39.9. The lowest BCUT2D eigenvalue weighted by Crippen LogP contribution is -2.13. The third-order valence-corrected chi connectivity index (χ3v) is 15.5. The molecule has 0 fully saturated rings. The zero-order valence-electron chi connectivity index (χ0n) is 39.9. The highest BCUT2D eigenvalue weighted by molar-refractivity contribution is 6.24. The van der Waals surface area contributed by atoms with Crippen molar-refractivity contribution < 1.29 is 8.83 Å². The standard InChI is InChI=1S/C68H37N5O2/c69-38-44-35-45(39-70)63(73-59-34-28-43(41-17-5-2-6-18-41)37-55(59)51-30-32-53-49-22-10-14-26-61(49)75-68(53)65(51)73)66(71-56-23-11-7-19-46(56)47-20-8-12-24-57(47)71)62(44)72-58-33-27-42(40-15-3-1-4-16-40)36-54(58)50-29-31-52-48-21-9-13-25-60(48)74-67(52)64(50)72/h1-37H. The average molecular weight is 956 g/mol. The molecule has 5 aromatic heterocycles. The van der Waals surface area contributed by atoms with Crippen LogP contribution in [0.3, 0.4) is 0 Å². The number of hydrogen-bond donors (Lipinski definition) is 0. The number of benzene rings is 11. The van der Waals surface area contributed by atoms with E-state index in [-0.39, 0.29) is 0 Å². The number of nitriles is 2. The maximum absolute atomic E-state index is 11.8. The highest BCUT2D eigenvalue weighted by Gasteiger charge is 2.32. The predicted molar refractivity (Wildman–Crippen MR) is 304 cm³/mol. The van der Waals surface area contributed by atoms with Crippen molar-refractivity contribution in [2.24, 2.45) is 0 Å². The molecule has 0 spiro atoms. The van der Waals surface area contributed by atoms with Crippen molar-refractivity contribution >= 4 is 109 Å². The maximum Gasteiger partial charge on any atom is 0.160 e. The van der Waals surface area contributed by atoms with Gasteiger partial charge in [-0.15, -0.1) is 0 Å². The summed E-state index contributed by atoms with van der Waals surface area (Å²) in [7, 11) is 0. The van der Waals surface area contributed by atoms with Crippen LogP contribution >= 0.6 is 0 Å². The molecular weight excluding hydrogens is 919 g/mol. The SMILES string of the molecule is N#Cc1cc(C#N)c(-n2c3ccc(-c4ccccc4)cc3c3ccc4c5ccccc5oc4c32)c(-n2c3ccccc3c3ccccc32)c1-n1c2ccc(-c3ccccc3)cc2c2ccc3c4ccccc4oc3c21. The van der Waals surface area contributed by atoms with Crippen molar-refractivity contribution in [2.75, 3.05) is 0 Å². The number of nitrogens with zero attached hydrogens (tertiary/aromatic N) is 5. The second-order valence-corrected chi connectivity index (χ2v) is 19.4. The Labute approximate surface area is 427 Å². The molecule has 0 aliphatic rings. The molecule has 0 atom stereocenters. The van der Waals surface area contributed by atoms with Crippen molar-refractivity contribution in [3.63, 3.8) is 0 Å². The van der Waals surface area contributed by atoms with E-state index in [2.05, 4.69) is 196 Å². The van der Waals surface area contributed by atoms with E-state index in [4.69, 9.17) is 8.83 Å². The first-order chi connectivity index (χ1) is 37.1. The summed E-state index contributed by atoms with van der Waals surface area (Å²) in [6.07, 6.45) is 0. The first-order valence-corrected chi connectivity index (χ1v) is 25.0. The van der Waals surface area contributed by atoms with E-state index < -0.39 is 0 Å². The molecule has 11 aromatic carbocycles. The van der Waals surface area contributed by atoms with Crippen molar-refractivity contribution in [3.05, 3.63) is 236 Å². The van der Waals surface area contributed by atoms with E-state index >= 15 is 0 Å². The number of hydrogen-bond acceptors (Lipinski definition) is 4. The number of furan rings is 2. The Morgan fingerprint density at radius 3 is 1.12 bits per heavy atom. The number of fused-ring (bicyclic) bond motifs is 17. The van der Waals surface area contributed by atoms with Gasteiger partial charge in [-0.25, -0.2) is 0 Å². The zero-order chi connectivity index (χ0) is 49.5. The van der Waals surface area contributed by atoms with Gasteiger partial charge in [-0.05, 0) is 89.0 Å². The van der Waals surface area contributed by atoms with Gasteiger partial charge in [0.25, 0.3) is 0 Å². The smallest absolute Gasteiger partial charge is 0.160 e. The predicted octanol–water partition coefficient (Wildman–Crippen LogP) is 17.9. The van der Waals surface area contributed by atoms with Gasteiger partial charge >= 0.3 is 0 Å².